The van der Waals surface area contributed by atoms with Crippen molar-refractivity contribution in [3.8, 4) is 0 Å². The summed E-state index contributed by atoms with van der Waals surface area (Å²) in [5, 5.41) is 5.32. The highest BCUT2D eigenvalue weighted by atomic mass is 79.9. The van der Waals surface area contributed by atoms with Gasteiger partial charge in [-0.2, -0.15) is 0 Å². The van der Waals surface area contributed by atoms with E-state index in [1.54, 1.807) is 0 Å². The van der Waals surface area contributed by atoms with Gasteiger partial charge in [0.2, 0.25) is 5.91 Å². The minimum atomic E-state index is 0.000651. The van der Waals surface area contributed by atoms with E-state index in [2.05, 4.69) is 45.5 Å². The highest BCUT2D eigenvalue weighted by molar-refractivity contribution is 9.10. The van der Waals surface area contributed by atoms with E-state index in [0.717, 1.165) is 26.7 Å². The lowest BCUT2D eigenvalue weighted by Gasteiger charge is -2.09. The van der Waals surface area contributed by atoms with Gasteiger partial charge in [0.05, 0.1) is 6.42 Å². The molecule has 0 saturated carbocycles. The lowest BCUT2D eigenvalue weighted by atomic mass is 10.0. The third kappa shape index (κ3) is 3.37. The van der Waals surface area contributed by atoms with Crippen LogP contribution < -0.4 is 5.32 Å². The average molecular weight is 354 g/mol. The first kappa shape index (κ1) is 14.8. The predicted molar refractivity (Wildman–Crippen MR) is 95.2 cm³/mol. The minimum absolute atomic E-state index is 0.000651. The topological polar surface area (TPSA) is 29.1 Å². The third-order valence-corrected chi connectivity index (χ3v) is 4.13. The Hall–Kier alpha value is -2.13. The zero-order valence-corrected chi connectivity index (χ0v) is 13.9. The minimum Gasteiger partial charge on any atom is -0.326 e. The Balaban J connectivity index is 1.75. The van der Waals surface area contributed by atoms with Crippen LogP contribution in [-0.4, -0.2) is 5.91 Å². The molecule has 0 spiro atoms. The Kier molecular flexibility index (Phi) is 4.25. The first-order valence-electron chi connectivity index (χ1n) is 7.15. The summed E-state index contributed by atoms with van der Waals surface area (Å²) < 4.78 is 1.01. The number of rotatable bonds is 3. The Morgan fingerprint density at radius 2 is 1.77 bits per heavy atom. The standard InChI is InChI=1S/C19H16BrNO/c1-13-10-17(20)8-9-18(13)21-19(22)12-14-6-7-15-4-2-3-5-16(15)11-14/h2-11H,12H2,1H3,(H,21,22). The van der Waals surface area contributed by atoms with Crippen LogP contribution in [0.3, 0.4) is 0 Å². The van der Waals surface area contributed by atoms with E-state index in [1.807, 2.05) is 43.3 Å². The van der Waals surface area contributed by atoms with Crippen molar-refractivity contribution in [3.63, 3.8) is 0 Å². The molecule has 2 nitrogen and oxygen atoms in total. The van der Waals surface area contributed by atoms with Gasteiger partial charge in [0, 0.05) is 10.2 Å². The van der Waals surface area contributed by atoms with Crippen molar-refractivity contribution in [2.45, 2.75) is 13.3 Å². The van der Waals surface area contributed by atoms with Crippen LogP contribution in [0.5, 0.6) is 0 Å². The zero-order chi connectivity index (χ0) is 15.5. The molecule has 0 fully saturated rings. The van der Waals surface area contributed by atoms with Crippen LogP contribution in [-0.2, 0) is 11.2 Å². The summed E-state index contributed by atoms with van der Waals surface area (Å²) in [6.07, 6.45) is 0.375. The van der Waals surface area contributed by atoms with Gasteiger partial charge in [-0.15, -0.1) is 0 Å². The van der Waals surface area contributed by atoms with Gasteiger partial charge in [-0.05, 0) is 47.0 Å². The number of amides is 1. The molecule has 3 rings (SSSR count). The highest BCUT2D eigenvalue weighted by Gasteiger charge is 2.07. The van der Waals surface area contributed by atoms with Crippen molar-refractivity contribution >= 4 is 38.3 Å². The molecule has 0 heterocycles. The summed E-state index contributed by atoms with van der Waals surface area (Å²) in [7, 11) is 0. The van der Waals surface area contributed by atoms with E-state index in [4.69, 9.17) is 0 Å². The molecule has 0 aliphatic heterocycles. The fraction of sp³-hybridized carbons (Fsp3) is 0.105. The van der Waals surface area contributed by atoms with Gasteiger partial charge in [0.1, 0.15) is 0 Å². The maximum atomic E-state index is 12.2. The monoisotopic (exact) mass is 353 g/mol. The quantitative estimate of drug-likeness (QED) is 0.697. The number of hydrogen-bond acceptors (Lipinski definition) is 1. The number of aryl methyl sites for hydroxylation is 1. The molecule has 1 amide bonds. The van der Waals surface area contributed by atoms with Gasteiger partial charge in [-0.3, -0.25) is 4.79 Å². The molecule has 1 N–H and O–H groups in total. The largest absolute Gasteiger partial charge is 0.326 e. The van der Waals surface area contributed by atoms with Crippen LogP contribution in [0.15, 0.2) is 65.1 Å². The van der Waals surface area contributed by atoms with Crippen LogP contribution in [0.4, 0.5) is 5.69 Å². The number of nitrogens with one attached hydrogen (secondary N) is 1. The van der Waals surface area contributed by atoms with Crippen molar-refractivity contribution in [2.24, 2.45) is 0 Å². The van der Waals surface area contributed by atoms with Crippen molar-refractivity contribution in [1.82, 2.24) is 0 Å². The molecular formula is C19H16BrNO. The Morgan fingerprint density at radius 1 is 1.00 bits per heavy atom. The highest BCUT2D eigenvalue weighted by Crippen LogP contribution is 2.21. The third-order valence-electron chi connectivity index (χ3n) is 3.64. The van der Waals surface area contributed by atoms with E-state index >= 15 is 0 Å². The van der Waals surface area contributed by atoms with Crippen molar-refractivity contribution in [2.75, 3.05) is 5.32 Å². The maximum absolute atomic E-state index is 12.2. The van der Waals surface area contributed by atoms with Crippen LogP contribution in [0.25, 0.3) is 10.8 Å². The van der Waals surface area contributed by atoms with Gasteiger partial charge in [0.25, 0.3) is 0 Å². The molecule has 3 aromatic carbocycles. The van der Waals surface area contributed by atoms with Crippen molar-refractivity contribution in [3.05, 3.63) is 76.3 Å². The number of halogens is 1. The molecular weight excluding hydrogens is 338 g/mol. The second-order valence-electron chi connectivity index (χ2n) is 5.37. The molecule has 0 aliphatic rings. The smallest absolute Gasteiger partial charge is 0.228 e. The number of hydrogen-bond donors (Lipinski definition) is 1. The summed E-state index contributed by atoms with van der Waals surface area (Å²) in [6.45, 7) is 1.98. The average Bonchev–Trinajstić information content (AvgIpc) is 2.50. The molecule has 0 aromatic heterocycles. The van der Waals surface area contributed by atoms with Crippen LogP contribution in [0, 0.1) is 6.92 Å². The summed E-state index contributed by atoms with van der Waals surface area (Å²) in [5.74, 6) is 0.000651. The molecule has 0 saturated heterocycles. The zero-order valence-electron chi connectivity index (χ0n) is 12.3. The molecule has 0 radical (unpaired) electrons. The van der Waals surface area contributed by atoms with Gasteiger partial charge >= 0.3 is 0 Å². The van der Waals surface area contributed by atoms with E-state index in [1.165, 1.54) is 5.39 Å². The fourth-order valence-electron chi connectivity index (χ4n) is 2.50. The Labute approximate surface area is 138 Å². The molecule has 3 heteroatoms. The van der Waals surface area contributed by atoms with Crippen LogP contribution in [0.2, 0.25) is 0 Å². The molecule has 110 valence electrons. The second kappa shape index (κ2) is 6.32. The molecule has 3 aromatic rings. The summed E-state index contributed by atoms with van der Waals surface area (Å²) in [4.78, 5) is 12.2. The van der Waals surface area contributed by atoms with Crippen LogP contribution in [0.1, 0.15) is 11.1 Å². The number of benzene rings is 3. The molecule has 0 bridgehead atoms. The number of carbonyl (C=O) groups excluding carboxylic acids is 1. The number of anilines is 1. The number of fused-ring (bicyclic) bond motifs is 1. The summed E-state index contributed by atoms with van der Waals surface area (Å²) in [5.41, 5.74) is 2.92. The van der Waals surface area contributed by atoms with E-state index < -0.39 is 0 Å². The van der Waals surface area contributed by atoms with E-state index in [0.29, 0.717) is 6.42 Å². The van der Waals surface area contributed by atoms with Gasteiger partial charge in [0.15, 0.2) is 0 Å². The predicted octanol–water partition coefficient (Wildman–Crippen LogP) is 5.09. The van der Waals surface area contributed by atoms with Gasteiger partial charge in [-0.25, -0.2) is 0 Å². The summed E-state index contributed by atoms with van der Waals surface area (Å²) in [6, 6.07) is 20.1. The molecule has 22 heavy (non-hydrogen) atoms. The van der Waals surface area contributed by atoms with Gasteiger partial charge in [-0.1, -0.05) is 58.4 Å². The van der Waals surface area contributed by atoms with E-state index in [-0.39, 0.29) is 5.91 Å². The van der Waals surface area contributed by atoms with Crippen LogP contribution >= 0.6 is 15.9 Å². The SMILES string of the molecule is Cc1cc(Br)ccc1NC(=O)Cc1ccc2ccccc2c1. The second-order valence-corrected chi connectivity index (χ2v) is 6.28. The summed E-state index contributed by atoms with van der Waals surface area (Å²) >= 11 is 3.43. The lowest BCUT2D eigenvalue weighted by Crippen LogP contribution is -2.15. The number of carbonyl (C=O) groups is 1. The Bertz CT molecular complexity index is 842. The molecule has 0 atom stereocenters. The lowest BCUT2D eigenvalue weighted by molar-refractivity contribution is -0.115. The first-order chi connectivity index (χ1) is 10.6. The van der Waals surface area contributed by atoms with Crippen molar-refractivity contribution in [1.29, 1.82) is 0 Å². The Morgan fingerprint density at radius 3 is 2.55 bits per heavy atom. The first-order valence-corrected chi connectivity index (χ1v) is 7.95. The normalized spacial score (nSPS) is 10.6. The molecule has 0 aliphatic carbocycles. The van der Waals surface area contributed by atoms with E-state index in [9.17, 15) is 4.79 Å². The fourth-order valence-corrected chi connectivity index (χ4v) is 2.97. The maximum Gasteiger partial charge on any atom is 0.228 e. The van der Waals surface area contributed by atoms with Crippen molar-refractivity contribution < 1.29 is 4.79 Å². The van der Waals surface area contributed by atoms with Gasteiger partial charge < -0.3 is 5.32 Å². The molecule has 0 unspecified atom stereocenters.